The number of hydrogen-bond donors (Lipinski definition) is 1. The predicted molar refractivity (Wildman–Crippen MR) is 135 cm³/mol. The fraction of sp³-hybridized carbons (Fsp3) is 0.120. The summed E-state index contributed by atoms with van der Waals surface area (Å²) in [5.41, 5.74) is 5.10. The van der Waals surface area contributed by atoms with Crippen LogP contribution in [-0.4, -0.2) is 31.4 Å². The second-order valence-corrected chi connectivity index (χ2v) is 9.50. The van der Waals surface area contributed by atoms with Crippen LogP contribution < -0.4 is 5.32 Å². The minimum atomic E-state index is -0.159. The highest BCUT2D eigenvalue weighted by Crippen LogP contribution is 2.29. The van der Waals surface area contributed by atoms with Gasteiger partial charge in [0.05, 0.1) is 17.7 Å². The van der Waals surface area contributed by atoms with Gasteiger partial charge in [0.15, 0.2) is 16.0 Å². The van der Waals surface area contributed by atoms with E-state index in [2.05, 4.69) is 20.5 Å². The van der Waals surface area contributed by atoms with Gasteiger partial charge in [-0.25, -0.2) is 4.98 Å². The molecule has 0 saturated heterocycles. The number of thioether (sulfide) groups is 1. The molecule has 0 aliphatic heterocycles. The number of nitrogens with one attached hydrogen (secondary N) is 1. The zero-order valence-electron chi connectivity index (χ0n) is 18.6. The second-order valence-electron chi connectivity index (χ2n) is 7.70. The molecule has 0 bridgehead atoms. The van der Waals surface area contributed by atoms with Gasteiger partial charge < -0.3 is 9.73 Å². The van der Waals surface area contributed by atoms with E-state index in [9.17, 15) is 4.79 Å². The van der Waals surface area contributed by atoms with Gasteiger partial charge >= 0.3 is 0 Å². The Kier molecular flexibility index (Phi) is 6.29. The minimum Gasteiger partial charge on any atom is -0.461 e. The first-order valence-electron chi connectivity index (χ1n) is 10.6. The van der Waals surface area contributed by atoms with Gasteiger partial charge in [-0.05, 0) is 38.1 Å². The molecule has 0 spiro atoms. The number of carbonyl (C=O) groups excluding carboxylic acids is 1. The van der Waals surface area contributed by atoms with Crippen LogP contribution in [-0.2, 0) is 4.79 Å². The second kappa shape index (κ2) is 9.66. The average Bonchev–Trinajstić information content (AvgIpc) is 3.60. The molecule has 2 aromatic carbocycles. The smallest absolute Gasteiger partial charge is 0.236 e. The maximum absolute atomic E-state index is 12.7. The van der Waals surface area contributed by atoms with Crippen LogP contribution in [0.3, 0.4) is 0 Å². The molecule has 5 rings (SSSR count). The lowest BCUT2D eigenvalue weighted by Crippen LogP contribution is -2.14. The molecule has 1 amide bonds. The van der Waals surface area contributed by atoms with E-state index in [-0.39, 0.29) is 11.7 Å². The molecule has 3 heterocycles. The van der Waals surface area contributed by atoms with Crippen LogP contribution in [0, 0.1) is 13.8 Å². The SMILES string of the molecule is Cc1ccc(-c2csc(NC(=O)CSc3nnc(-c4ccco4)n3-c3ccc(C)cc3)n2)cc1. The van der Waals surface area contributed by atoms with Crippen molar-refractivity contribution >= 4 is 34.1 Å². The first-order valence-corrected chi connectivity index (χ1v) is 12.4. The van der Waals surface area contributed by atoms with Crippen LogP contribution in [0.15, 0.2) is 81.9 Å². The number of nitrogens with zero attached hydrogens (tertiary/aromatic N) is 4. The van der Waals surface area contributed by atoms with E-state index in [4.69, 9.17) is 4.42 Å². The van der Waals surface area contributed by atoms with Crippen LogP contribution in [0.4, 0.5) is 5.13 Å². The number of aryl methyl sites for hydroxylation is 2. The summed E-state index contributed by atoms with van der Waals surface area (Å²) in [6, 6.07) is 19.8. The number of furan rings is 1. The van der Waals surface area contributed by atoms with Crippen molar-refractivity contribution in [1.29, 1.82) is 0 Å². The van der Waals surface area contributed by atoms with Gasteiger partial charge in [0.2, 0.25) is 11.7 Å². The van der Waals surface area contributed by atoms with E-state index in [1.807, 2.05) is 84.5 Å². The Morgan fingerprint density at radius 3 is 2.47 bits per heavy atom. The summed E-state index contributed by atoms with van der Waals surface area (Å²) >= 11 is 2.71. The van der Waals surface area contributed by atoms with Crippen LogP contribution in [0.1, 0.15) is 11.1 Å². The molecule has 0 atom stereocenters. The van der Waals surface area contributed by atoms with Crippen molar-refractivity contribution in [2.45, 2.75) is 19.0 Å². The van der Waals surface area contributed by atoms with Gasteiger partial charge in [0.1, 0.15) is 0 Å². The lowest BCUT2D eigenvalue weighted by Gasteiger charge is -2.09. The molecule has 0 unspecified atom stereocenters. The maximum atomic E-state index is 12.7. The normalized spacial score (nSPS) is 11.0. The summed E-state index contributed by atoms with van der Waals surface area (Å²) in [6.07, 6.45) is 1.60. The van der Waals surface area contributed by atoms with Crippen molar-refractivity contribution in [3.63, 3.8) is 0 Å². The Bertz CT molecular complexity index is 1400. The van der Waals surface area contributed by atoms with Crippen LogP contribution in [0.5, 0.6) is 0 Å². The molecule has 7 nitrogen and oxygen atoms in total. The average molecular weight is 488 g/mol. The quantitative estimate of drug-likeness (QED) is 0.284. The molecule has 0 fully saturated rings. The lowest BCUT2D eigenvalue weighted by molar-refractivity contribution is -0.113. The third-order valence-electron chi connectivity index (χ3n) is 5.10. The van der Waals surface area contributed by atoms with Gasteiger partial charge in [-0.2, -0.15) is 0 Å². The van der Waals surface area contributed by atoms with Gasteiger partial charge in [-0.1, -0.05) is 59.3 Å². The number of thiazole rings is 1. The molecule has 0 aliphatic carbocycles. The van der Waals surface area contributed by atoms with Crippen molar-refractivity contribution in [2.75, 3.05) is 11.1 Å². The van der Waals surface area contributed by atoms with Crippen molar-refractivity contribution in [3.8, 4) is 28.5 Å². The molecule has 0 saturated carbocycles. The third kappa shape index (κ3) is 4.80. The van der Waals surface area contributed by atoms with Gasteiger partial charge in [-0.15, -0.1) is 21.5 Å². The Labute approximate surface area is 204 Å². The highest BCUT2D eigenvalue weighted by Gasteiger charge is 2.19. The molecule has 0 aliphatic rings. The number of carbonyl (C=O) groups is 1. The van der Waals surface area contributed by atoms with Gasteiger partial charge in [0, 0.05) is 16.6 Å². The summed E-state index contributed by atoms with van der Waals surface area (Å²) in [7, 11) is 0. The zero-order valence-corrected chi connectivity index (χ0v) is 20.2. The van der Waals surface area contributed by atoms with Crippen molar-refractivity contribution in [2.24, 2.45) is 0 Å². The van der Waals surface area contributed by atoms with E-state index in [0.717, 1.165) is 22.5 Å². The molecule has 5 aromatic rings. The largest absolute Gasteiger partial charge is 0.461 e. The maximum Gasteiger partial charge on any atom is 0.236 e. The molecule has 170 valence electrons. The van der Waals surface area contributed by atoms with E-state index in [0.29, 0.717) is 21.9 Å². The Balaban J connectivity index is 1.31. The van der Waals surface area contributed by atoms with E-state index >= 15 is 0 Å². The Morgan fingerprint density at radius 1 is 1.03 bits per heavy atom. The summed E-state index contributed by atoms with van der Waals surface area (Å²) < 4.78 is 7.45. The molecule has 1 N–H and O–H groups in total. The van der Waals surface area contributed by atoms with Crippen LogP contribution in [0.2, 0.25) is 0 Å². The lowest BCUT2D eigenvalue weighted by atomic mass is 10.1. The minimum absolute atomic E-state index is 0.159. The first-order chi connectivity index (χ1) is 16.6. The number of hydrogen-bond acceptors (Lipinski definition) is 7. The summed E-state index contributed by atoms with van der Waals surface area (Å²) in [5.74, 6) is 1.20. The summed E-state index contributed by atoms with van der Waals surface area (Å²) in [6.45, 7) is 4.08. The van der Waals surface area contributed by atoms with Crippen molar-refractivity contribution in [3.05, 3.63) is 83.4 Å². The standard InChI is InChI=1S/C25H21N5O2S2/c1-16-5-9-18(10-6-16)20-14-33-24(26-20)27-22(31)15-34-25-29-28-23(21-4-3-13-32-21)30(25)19-11-7-17(2)8-12-19/h3-14H,15H2,1-2H3,(H,26,27,31). The number of benzene rings is 2. The van der Waals surface area contributed by atoms with Crippen LogP contribution in [0.25, 0.3) is 28.5 Å². The molecule has 34 heavy (non-hydrogen) atoms. The molecule has 9 heteroatoms. The molecular formula is C25H21N5O2S2. The highest BCUT2D eigenvalue weighted by atomic mass is 32.2. The zero-order chi connectivity index (χ0) is 23.5. The first kappa shape index (κ1) is 22.1. The fourth-order valence-corrected chi connectivity index (χ4v) is 4.82. The molecule has 3 aromatic heterocycles. The van der Waals surface area contributed by atoms with Crippen LogP contribution >= 0.6 is 23.1 Å². The summed E-state index contributed by atoms with van der Waals surface area (Å²) in [5, 5.41) is 14.6. The number of anilines is 1. The van der Waals surface area contributed by atoms with E-state index in [1.165, 1.54) is 28.7 Å². The highest BCUT2D eigenvalue weighted by molar-refractivity contribution is 7.99. The summed E-state index contributed by atoms with van der Waals surface area (Å²) in [4.78, 5) is 17.2. The van der Waals surface area contributed by atoms with Gasteiger partial charge in [0.25, 0.3) is 0 Å². The van der Waals surface area contributed by atoms with Crippen molar-refractivity contribution < 1.29 is 9.21 Å². The molecular weight excluding hydrogens is 466 g/mol. The fourth-order valence-electron chi connectivity index (χ4n) is 3.33. The number of aromatic nitrogens is 4. The number of amides is 1. The Morgan fingerprint density at radius 2 is 1.76 bits per heavy atom. The van der Waals surface area contributed by atoms with E-state index in [1.54, 1.807) is 6.26 Å². The topological polar surface area (TPSA) is 85.8 Å². The third-order valence-corrected chi connectivity index (χ3v) is 6.78. The van der Waals surface area contributed by atoms with Gasteiger partial charge in [-0.3, -0.25) is 9.36 Å². The Hall–Kier alpha value is -3.69. The number of rotatable bonds is 7. The monoisotopic (exact) mass is 487 g/mol. The van der Waals surface area contributed by atoms with Crippen molar-refractivity contribution in [1.82, 2.24) is 19.7 Å². The molecule has 0 radical (unpaired) electrons. The predicted octanol–water partition coefficient (Wildman–Crippen LogP) is 6.00. The van der Waals surface area contributed by atoms with E-state index < -0.39 is 0 Å².